The standard InChI is InChI=1S/C11H18O3/c1-3-4-5-6-7-10(12)8-9-11(13)14-2/h3H,1,4-9H2,2H3. The van der Waals surface area contributed by atoms with Gasteiger partial charge in [0.05, 0.1) is 13.5 Å². The van der Waals surface area contributed by atoms with E-state index in [0.29, 0.717) is 12.8 Å². The summed E-state index contributed by atoms with van der Waals surface area (Å²) >= 11 is 0. The van der Waals surface area contributed by atoms with Crippen molar-refractivity contribution in [2.24, 2.45) is 0 Å². The van der Waals surface area contributed by atoms with Crippen LogP contribution in [0.4, 0.5) is 0 Å². The molecule has 80 valence electrons. The molecule has 3 nitrogen and oxygen atoms in total. The number of hydrogen-bond acceptors (Lipinski definition) is 3. The number of hydrogen-bond donors (Lipinski definition) is 0. The lowest BCUT2D eigenvalue weighted by molar-refractivity contribution is -0.141. The number of unbranched alkanes of at least 4 members (excludes halogenated alkanes) is 2. The molecule has 0 spiro atoms. The van der Waals surface area contributed by atoms with Crippen LogP contribution in [0.3, 0.4) is 0 Å². The molecule has 0 N–H and O–H groups in total. The van der Waals surface area contributed by atoms with Crippen molar-refractivity contribution >= 4 is 11.8 Å². The lowest BCUT2D eigenvalue weighted by Gasteiger charge is -1.99. The highest BCUT2D eigenvalue weighted by atomic mass is 16.5. The number of rotatable bonds is 8. The quantitative estimate of drug-likeness (QED) is 0.341. The van der Waals surface area contributed by atoms with Crippen LogP contribution in [0.25, 0.3) is 0 Å². The largest absolute Gasteiger partial charge is 0.469 e. The Hall–Kier alpha value is -1.12. The van der Waals surface area contributed by atoms with Gasteiger partial charge in [0.25, 0.3) is 0 Å². The van der Waals surface area contributed by atoms with Crippen molar-refractivity contribution in [2.75, 3.05) is 7.11 Å². The third-order valence-electron chi connectivity index (χ3n) is 1.95. The van der Waals surface area contributed by atoms with Crippen LogP contribution >= 0.6 is 0 Å². The Labute approximate surface area is 85.1 Å². The fourth-order valence-electron chi connectivity index (χ4n) is 1.08. The van der Waals surface area contributed by atoms with E-state index in [-0.39, 0.29) is 18.2 Å². The summed E-state index contributed by atoms with van der Waals surface area (Å²) in [6.45, 7) is 3.60. The number of carbonyl (C=O) groups is 2. The van der Waals surface area contributed by atoms with E-state index in [2.05, 4.69) is 11.3 Å². The highest BCUT2D eigenvalue weighted by Gasteiger charge is 2.05. The lowest BCUT2D eigenvalue weighted by atomic mass is 10.1. The molecule has 0 aromatic carbocycles. The lowest BCUT2D eigenvalue weighted by Crippen LogP contribution is -2.05. The molecule has 0 aromatic rings. The van der Waals surface area contributed by atoms with Crippen LogP contribution in [0.2, 0.25) is 0 Å². The van der Waals surface area contributed by atoms with E-state index in [1.54, 1.807) is 0 Å². The smallest absolute Gasteiger partial charge is 0.305 e. The summed E-state index contributed by atoms with van der Waals surface area (Å²) in [4.78, 5) is 21.9. The molecule has 0 heterocycles. The Morgan fingerprint density at radius 2 is 1.93 bits per heavy atom. The summed E-state index contributed by atoms with van der Waals surface area (Å²) in [5.74, 6) is -0.177. The van der Waals surface area contributed by atoms with Gasteiger partial charge in [-0.25, -0.2) is 0 Å². The summed E-state index contributed by atoms with van der Waals surface area (Å²) in [7, 11) is 1.33. The van der Waals surface area contributed by atoms with E-state index in [0.717, 1.165) is 19.3 Å². The highest BCUT2D eigenvalue weighted by Crippen LogP contribution is 2.04. The second kappa shape index (κ2) is 8.48. The number of ketones is 1. The topological polar surface area (TPSA) is 43.4 Å². The first-order chi connectivity index (χ1) is 6.70. The fraction of sp³-hybridized carbons (Fsp3) is 0.636. The van der Waals surface area contributed by atoms with Gasteiger partial charge in [-0.3, -0.25) is 9.59 Å². The van der Waals surface area contributed by atoms with Gasteiger partial charge in [-0.1, -0.05) is 6.08 Å². The summed E-state index contributed by atoms with van der Waals surface area (Å²) in [6.07, 6.45) is 5.74. The average molecular weight is 198 g/mol. The monoisotopic (exact) mass is 198 g/mol. The van der Waals surface area contributed by atoms with E-state index >= 15 is 0 Å². The zero-order chi connectivity index (χ0) is 10.8. The Balaban J connectivity index is 3.36. The third-order valence-corrected chi connectivity index (χ3v) is 1.95. The van der Waals surface area contributed by atoms with Crippen LogP contribution in [0.5, 0.6) is 0 Å². The molecule has 0 aliphatic rings. The third kappa shape index (κ3) is 7.53. The summed E-state index contributed by atoms with van der Waals surface area (Å²) in [5, 5.41) is 0. The molecule has 0 saturated heterocycles. The molecule has 0 unspecified atom stereocenters. The molecule has 0 saturated carbocycles. The van der Waals surface area contributed by atoms with Crippen LogP contribution in [-0.4, -0.2) is 18.9 Å². The van der Waals surface area contributed by atoms with Gasteiger partial charge >= 0.3 is 5.97 Å². The first-order valence-electron chi connectivity index (χ1n) is 4.90. The maximum Gasteiger partial charge on any atom is 0.305 e. The zero-order valence-electron chi connectivity index (χ0n) is 8.75. The second-order valence-electron chi connectivity index (χ2n) is 3.15. The molecular weight excluding hydrogens is 180 g/mol. The van der Waals surface area contributed by atoms with E-state index < -0.39 is 0 Å². The maximum atomic E-state index is 11.2. The number of ether oxygens (including phenoxy) is 1. The normalized spacial score (nSPS) is 9.50. The minimum Gasteiger partial charge on any atom is -0.469 e. The average Bonchev–Trinajstić information content (AvgIpc) is 2.21. The first kappa shape index (κ1) is 12.9. The van der Waals surface area contributed by atoms with Crippen molar-refractivity contribution in [2.45, 2.75) is 38.5 Å². The molecule has 0 amide bonds. The van der Waals surface area contributed by atoms with Crippen LogP contribution < -0.4 is 0 Å². The molecule has 0 aliphatic heterocycles. The Bertz CT molecular complexity index is 197. The Morgan fingerprint density at radius 1 is 1.21 bits per heavy atom. The Kier molecular flexibility index (Phi) is 7.80. The Morgan fingerprint density at radius 3 is 2.50 bits per heavy atom. The number of allylic oxidation sites excluding steroid dienone is 1. The van der Waals surface area contributed by atoms with Gasteiger partial charge in [0.1, 0.15) is 5.78 Å². The van der Waals surface area contributed by atoms with Crippen molar-refractivity contribution in [3.63, 3.8) is 0 Å². The van der Waals surface area contributed by atoms with E-state index in [1.165, 1.54) is 7.11 Å². The molecule has 0 rings (SSSR count). The van der Waals surface area contributed by atoms with Crippen molar-refractivity contribution in [1.82, 2.24) is 0 Å². The SMILES string of the molecule is C=CCCCCC(=O)CCC(=O)OC. The predicted octanol–water partition coefficient (Wildman–Crippen LogP) is 2.26. The van der Waals surface area contributed by atoms with E-state index in [1.807, 2.05) is 6.08 Å². The van der Waals surface area contributed by atoms with Crippen LogP contribution in [0.15, 0.2) is 12.7 Å². The molecule has 0 radical (unpaired) electrons. The number of carbonyl (C=O) groups excluding carboxylic acids is 2. The number of methoxy groups -OCH3 is 1. The van der Waals surface area contributed by atoms with Gasteiger partial charge in [-0.2, -0.15) is 0 Å². The van der Waals surface area contributed by atoms with Gasteiger partial charge in [-0.05, 0) is 19.3 Å². The second-order valence-corrected chi connectivity index (χ2v) is 3.15. The van der Waals surface area contributed by atoms with E-state index in [4.69, 9.17) is 0 Å². The summed E-state index contributed by atoms with van der Waals surface area (Å²) < 4.78 is 4.44. The summed E-state index contributed by atoms with van der Waals surface area (Å²) in [5.41, 5.74) is 0. The van der Waals surface area contributed by atoms with Gasteiger partial charge in [0, 0.05) is 12.8 Å². The molecular formula is C11H18O3. The molecule has 14 heavy (non-hydrogen) atoms. The maximum absolute atomic E-state index is 11.2. The van der Waals surface area contributed by atoms with Crippen LogP contribution in [-0.2, 0) is 14.3 Å². The number of Topliss-reactive ketones (excluding diaryl/α,β-unsaturated/α-hetero) is 1. The van der Waals surface area contributed by atoms with Gasteiger partial charge in [-0.15, -0.1) is 6.58 Å². The van der Waals surface area contributed by atoms with Gasteiger partial charge < -0.3 is 4.74 Å². The highest BCUT2D eigenvalue weighted by molar-refractivity contribution is 5.82. The van der Waals surface area contributed by atoms with Gasteiger partial charge in [0.2, 0.25) is 0 Å². The molecule has 0 atom stereocenters. The van der Waals surface area contributed by atoms with Crippen molar-refractivity contribution in [1.29, 1.82) is 0 Å². The van der Waals surface area contributed by atoms with Crippen LogP contribution in [0.1, 0.15) is 38.5 Å². The fourth-order valence-corrected chi connectivity index (χ4v) is 1.08. The first-order valence-corrected chi connectivity index (χ1v) is 4.90. The molecule has 0 aliphatic carbocycles. The van der Waals surface area contributed by atoms with Crippen molar-refractivity contribution in [3.05, 3.63) is 12.7 Å². The van der Waals surface area contributed by atoms with Gasteiger partial charge in [0.15, 0.2) is 0 Å². The van der Waals surface area contributed by atoms with Crippen LogP contribution in [0, 0.1) is 0 Å². The molecule has 3 heteroatoms. The summed E-state index contributed by atoms with van der Waals surface area (Å²) in [6, 6.07) is 0. The minimum atomic E-state index is -0.315. The zero-order valence-corrected chi connectivity index (χ0v) is 8.75. The van der Waals surface area contributed by atoms with E-state index in [9.17, 15) is 9.59 Å². The van der Waals surface area contributed by atoms with Crippen molar-refractivity contribution < 1.29 is 14.3 Å². The van der Waals surface area contributed by atoms with Crippen molar-refractivity contribution in [3.8, 4) is 0 Å². The predicted molar refractivity (Wildman–Crippen MR) is 54.9 cm³/mol. The molecule has 0 bridgehead atoms. The number of esters is 1. The minimum absolute atomic E-state index is 0.138. The molecule has 0 aromatic heterocycles. The molecule has 0 fully saturated rings.